The average Bonchev–Trinajstić information content (AvgIpc) is 2.38. The first-order valence-electron chi connectivity index (χ1n) is 5.89. The van der Waals surface area contributed by atoms with Gasteiger partial charge in [0, 0.05) is 6.20 Å². The van der Waals surface area contributed by atoms with Crippen LogP contribution in [0.1, 0.15) is 5.56 Å². The SMILES string of the molecule is Cc1cnc(NCCOc2ccccc2)c(N)c1. The van der Waals surface area contributed by atoms with Crippen LogP contribution in [0.4, 0.5) is 11.5 Å². The Hall–Kier alpha value is -2.23. The summed E-state index contributed by atoms with van der Waals surface area (Å²) in [6, 6.07) is 11.6. The van der Waals surface area contributed by atoms with E-state index in [1.54, 1.807) is 6.20 Å². The van der Waals surface area contributed by atoms with E-state index in [1.807, 2.05) is 43.3 Å². The van der Waals surface area contributed by atoms with Crippen molar-refractivity contribution in [1.29, 1.82) is 0 Å². The molecular weight excluding hydrogens is 226 g/mol. The Kier molecular flexibility index (Phi) is 4.02. The maximum absolute atomic E-state index is 5.85. The van der Waals surface area contributed by atoms with E-state index in [-0.39, 0.29) is 0 Å². The molecule has 0 aliphatic heterocycles. The second kappa shape index (κ2) is 5.91. The molecule has 1 aromatic carbocycles. The summed E-state index contributed by atoms with van der Waals surface area (Å²) in [4.78, 5) is 4.23. The summed E-state index contributed by atoms with van der Waals surface area (Å²) < 4.78 is 5.56. The van der Waals surface area contributed by atoms with Crippen molar-refractivity contribution in [3.05, 3.63) is 48.2 Å². The molecule has 4 nitrogen and oxygen atoms in total. The van der Waals surface area contributed by atoms with Gasteiger partial charge in [0.1, 0.15) is 18.2 Å². The van der Waals surface area contributed by atoms with Crippen molar-refractivity contribution in [2.24, 2.45) is 0 Å². The molecule has 0 saturated carbocycles. The van der Waals surface area contributed by atoms with Gasteiger partial charge in [-0.15, -0.1) is 0 Å². The van der Waals surface area contributed by atoms with Crippen LogP contribution in [0.15, 0.2) is 42.6 Å². The number of anilines is 2. The van der Waals surface area contributed by atoms with Crippen molar-refractivity contribution in [3.63, 3.8) is 0 Å². The highest BCUT2D eigenvalue weighted by Gasteiger charge is 1.99. The van der Waals surface area contributed by atoms with Crippen molar-refractivity contribution < 1.29 is 4.74 Å². The van der Waals surface area contributed by atoms with Crippen molar-refractivity contribution in [2.45, 2.75) is 6.92 Å². The van der Waals surface area contributed by atoms with Gasteiger partial charge in [0.15, 0.2) is 0 Å². The molecular formula is C14H17N3O. The second-order valence-electron chi connectivity index (χ2n) is 4.04. The number of hydrogen-bond donors (Lipinski definition) is 2. The van der Waals surface area contributed by atoms with Gasteiger partial charge in [0.05, 0.1) is 12.2 Å². The Morgan fingerprint density at radius 1 is 1.28 bits per heavy atom. The van der Waals surface area contributed by atoms with Crippen molar-refractivity contribution in [1.82, 2.24) is 4.98 Å². The molecule has 0 spiro atoms. The van der Waals surface area contributed by atoms with Gasteiger partial charge in [-0.05, 0) is 30.7 Å². The van der Waals surface area contributed by atoms with Crippen LogP contribution >= 0.6 is 0 Å². The van der Waals surface area contributed by atoms with E-state index in [0.29, 0.717) is 24.7 Å². The summed E-state index contributed by atoms with van der Waals surface area (Å²) in [5, 5.41) is 3.15. The quantitative estimate of drug-likeness (QED) is 0.792. The summed E-state index contributed by atoms with van der Waals surface area (Å²) >= 11 is 0. The van der Waals surface area contributed by atoms with E-state index in [9.17, 15) is 0 Å². The number of para-hydroxylation sites is 1. The van der Waals surface area contributed by atoms with Crippen LogP contribution in [-0.4, -0.2) is 18.1 Å². The second-order valence-corrected chi connectivity index (χ2v) is 4.04. The molecule has 2 rings (SSSR count). The van der Waals surface area contributed by atoms with Crippen LogP contribution in [0.2, 0.25) is 0 Å². The largest absolute Gasteiger partial charge is 0.492 e. The minimum Gasteiger partial charge on any atom is -0.492 e. The first kappa shape index (κ1) is 12.2. The zero-order chi connectivity index (χ0) is 12.8. The number of hydrogen-bond acceptors (Lipinski definition) is 4. The molecule has 94 valence electrons. The number of nitrogens with one attached hydrogen (secondary N) is 1. The van der Waals surface area contributed by atoms with Gasteiger partial charge >= 0.3 is 0 Å². The number of aromatic nitrogens is 1. The predicted molar refractivity (Wildman–Crippen MR) is 73.8 cm³/mol. The third-order valence-electron chi connectivity index (χ3n) is 2.46. The fraction of sp³-hybridized carbons (Fsp3) is 0.214. The van der Waals surface area contributed by atoms with E-state index in [0.717, 1.165) is 11.3 Å². The number of pyridine rings is 1. The fourth-order valence-corrected chi connectivity index (χ4v) is 1.59. The number of benzene rings is 1. The first-order chi connectivity index (χ1) is 8.75. The van der Waals surface area contributed by atoms with Gasteiger partial charge in [-0.1, -0.05) is 18.2 Å². The normalized spacial score (nSPS) is 10.1. The van der Waals surface area contributed by atoms with Crippen LogP contribution in [0, 0.1) is 6.92 Å². The van der Waals surface area contributed by atoms with Gasteiger partial charge in [0.2, 0.25) is 0 Å². The van der Waals surface area contributed by atoms with Gasteiger partial charge in [-0.3, -0.25) is 0 Å². The molecule has 4 heteroatoms. The monoisotopic (exact) mass is 243 g/mol. The summed E-state index contributed by atoms with van der Waals surface area (Å²) in [5.41, 5.74) is 7.56. The molecule has 1 heterocycles. The van der Waals surface area contributed by atoms with Crippen LogP contribution in [0.5, 0.6) is 5.75 Å². The van der Waals surface area contributed by atoms with E-state index in [4.69, 9.17) is 10.5 Å². The summed E-state index contributed by atoms with van der Waals surface area (Å²) in [6.45, 7) is 3.19. The molecule has 0 unspecified atom stereocenters. The summed E-state index contributed by atoms with van der Waals surface area (Å²) in [7, 11) is 0. The minimum absolute atomic E-state index is 0.568. The molecule has 0 aliphatic rings. The Bertz CT molecular complexity index is 500. The van der Waals surface area contributed by atoms with Gasteiger partial charge in [-0.25, -0.2) is 4.98 Å². The lowest BCUT2D eigenvalue weighted by Gasteiger charge is -2.09. The van der Waals surface area contributed by atoms with Crippen LogP contribution in [0.3, 0.4) is 0 Å². The average molecular weight is 243 g/mol. The zero-order valence-corrected chi connectivity index (χ0v) is 10.4. The maximum atomic E-state index is 5.85. The third-order valence-corrected chi connectivity index (χ3v) is 2.46. The Morgan fingerprint density at radius 2 is 2.06 bits per heavy atom. The number of aryl methyl sites for hydroxylation is 1. The molecule has 0 radical (unpaired) electrons. The molecule has 0 saturated heterocycles. The lowest BCUT2D eigenvalue weighted by molar-refractivity contribution is 0.333. The van der Waals surface area contributed by atoms with Gasteiger partial charge < -0.3 is 15.8 Å². The Morgan fingerprint density at radius 3 is 2.78 bits per heavy atom. The van der Waals surface area contributed by atoms with Crippen molar-refractivity contribution in [3.8, 4) is 5.75 Å². The Balaban J connectivity index is 1.79. The van der Waals surface area contributed by atoms with Gasteiger partial charge in [-0.2, -0.15) is 0 Å². The molecule has 0 atom stereocenters. The number of nitrogens with two attached hydrogens (primary N) is 1. The highest BCUT2D eigenvalue weighted by Crippen LogP contribution is 2.15. The predicted octanol–water partition coefficient (Wildman–Crippen LogP) is 2.46. The summed E-state index contributed by atoms with van der Waals surface area (Å²) in [6.07, 6.45) is 1.79. The molecule has 0 bridgehead atoms. The number of ether oxygens (including phenoxy) is 1. The highest BCUT2D eigenvalue weighted by molar-refractivity contribution is 5.61. The van der Waals surface area contributed by atoms with Crippen LogP contribution < -0.4 is 15.8 Å². The van der Waals surface area contributed by atoms with Crippen molar-refractivity contribution >= 4 is 11.5 Å². The lowest BCUT2D eigenvalue weighted by Crippen LogP contribution is -2.13. The maximum Gasteiger partial charge on any atom is 0.149 e. The zero-order valence-electron chi connectivity index (χ0n) is 10.4. The molecule has 0 amide bonds. The molecule has 18 heavy (non-hydrogen) atoms. The number of nitrogens with zero attached hydrogens (tertiary/aromatic N) is 1. The number of rotatable bonds is 5. The van der Waals surface area contributed by atoms with Crippen LogP contribution in [-0.2, 0) is 0 Å². The van der Waals surface area contributed by atoms with E-state index >= 15 is 0 Å². The molecule has 0 fully saturated rings. The standard InChI is InChI=1S/C14H17N3O/c1-11-9-13(15)14(17-10-11)16-7-8-18-12-5-3-2-4-6-12/h2-6,9-10H,7-8,15H2,1H3,(H,16,17). The highest BCUT2D eigenvalue weighted by atomic mass is 16.5. The molecule has 2 aromatic rings. The smallest absolute Gasteiger partial charge is 0.149 e. The summed E-state index contributed by atoms with van der Waals surface area (Å²) in [5.74, 6) is 1.57. The van der Waals surface area contributed by atoms with Gasteiger partial charge in [0.25, 0.3) is 0 Å². The topological polar surface area (TPSA) is 60.2 Å². The third kappa shape index (κ3) is 3.38. The Labute approximate surface area is 107 Å². The van der Waals surface area contributed by atoms with E-state index < -0.39 is 0 Å². The minimum atomic E-state index is 0.568. The molecule has 0 aliphatic carbocycles. The van der Waals surface area contributed by atoms with Crippen molar-refractivity contribution in [2.75, 3.05) is 24.2 Å². The molecule has 1 aromatic heterocycles. The number of nitrogen functional groups attached to an aromatic ring is 1. The fourth-order valence-electron chi connectivity index (χ4n) is 1.59. The van der Waals surface area contributed by atoms with Crippen LogP contribution in [0.25, 0.3) is 0 Å². The lowest BCUT2D eigenvalue weighted by atomic mass is 10.3. The first-order valence-corrected chi connectivity index (χ1v) is 5.89. The van der Waals surface area contributed by atoms with E-state index in [1.165, 1.54) is 0 Å². The van der Waals surface area contributed by atoms with E-state index in [2.05, 4.69) is 10.3 Å². The molecule has 3 N–H and O–H groups in total.